The van der Waals surface area contributed by atoms with Crippen LogP contribution >= 0.6 is 0 Å². The lowest BCUT2D eigenvalue weighted by molar-refractivity contribution is -0.141. The van der Waals surface area contributed by atoms with Gasteiger partial charge in [0.2, 0.25) is 0 Å². The van der Waals surface area contributed by atoms with Crippen LogP contribution in [0.25, 0.3) is 0 Å². The Labute approximate surface area is 101 Å². The van der Waals surface area contributed by atoms with Gasteiger partial charge in [-0.1, -0.05) is 18.2 Å². The summed E-state index contributed by atoms with van der Waals surface area (Å²) in [5.74, 6) is -0.607. The minimum Gasteiger partial charge on any atom is -0.466 e. The summed E-state index contributed by atoms with van der Waals surface area (Å²) in [6.07, 6.45) is 1.38. The van der Waals surface area contributed by atoms with Crippen LogP contribution in [0.3, 0.4) is 0 Å². The first-order valence-electron chi connectivity index (χ1n) is 5.55. The minimum absolute atomic E-state index is 0.286. The number of benzene rings is 1. The molecule has 1 aromatic rings. The van der Waals surface area contributed by atoms with Crippen LogP contribution in [-0.4, -0.2) is 25.2 Å². The Balaban J connectivity index is 2.11. The fourth-order valence-corrected chi connectivity index (χ4v) is 1.24. The standard InChI is InChI=1S/C13H16O4/c1-11(14)16-9-5-6-10-17-13(15)12-7-3-2-4-8-12/h2-4,7-8H,5-6,9-10H2,1H3. The highest BCUT2D eigenvalue weighted by Gasteiger charge is 2.04. The third-order valence-electron chi connectivity index (χ3n) is 2.09. The lowest BCUT2D eigenvalue weighted by Crippen LogP contribution is -2.07. The fraction of sp³-hybridized carbons (Fsp3) is 0.385. The number of carbonyl (C=O) groups is 2. The highest BCUT2D eigenvalue weighted by atomic mass is 16.5. The van der Waals surface area contributed by atoms with E-state index in [4.69, 9.17) is 9.47 Å². The maximum Gasteiger partial charge on any atom is 0.338 e. The predicted molar refractivity (Wildman–Crippen MR) is 62.6 cm³/mol. The SMILES string of the molecule is CC(=O)OCCCCOC(=O)c1ccccc1. The Morgan fingerprint density at radius 3 is 2.18 bits per heavy atom. The molecule has 0 aliphatic carbocycles. The Morgan fingerprint density at radius 2 is 1.59 bits per heavy atom. The second kappa shape index (κ2) is 7.44. The van der Waals surface area contributed by atoms with Gasteiger partial charge in [-0.05, 0) is 25.0 Å². The molecule has 92 valence electrons. The summed E-state index contributed by atoms with van der Waals surface area (Å²) in [6.45, 7) is 2.09. The van der Waals surface area contributed by atoms with Crippen LogP contribution in [0, 0.1) is 0 Å². The molecule has 0 bridgehead atoms. The first kappa shape index (κ1) is 13.2. The van der Waals surface area contributed by atoms with Gasteiger partial charge in [-0.2, -0.15) is 0 Å². The molecule has 0 atom stereocenters. The topological polar surface area (TPSA) is 52.6 Å². The summed E-state index contributed by atoms with van der Waals surface area (Å²) in [5, 5.41) is 0. The van der Waals surface area contributed by atoms with E-state index in [2.05, 4.69) is 0 Å². The smallest absolute Gasteiger partial charge is 0.338 e. The molecule has 0 saturated heterocycles. The van der Waals surface area contributed by atoms with Crippen molar-refractivity contribution < 1.29 is 19.1 Å². The molecule has 4 nitrogen and oxygen atoms in total. The van der Waals surface area contributed by atoms with Crippen LogP contribution in [0.5, 0.6) is 0 Å². The molecule has 0 aliphatic heterocycles. The van der Waals surface area contributed by atoms with Gasteiger partial charge in [0.1, 0.15) is 0 Å². The molecule has 0 fully saturated rings. The zero-order valence-electron chi connectivity index (χ0n) is 9.85. The summed E-state index contributed by atoms with van der Waals surface area (Å²) < 4.78 is 9.81. The van der Waals surface area contributed by atoms with E-state index in [-0.39, 0.29) is 11.9 Å². The van der Waals surface area contributed by atoms with Crippen molar-refractivity contribution in [2.75, 3.05) is 13.2 Å². The van der Waals surface area contributed by atoms with Crippen LogP contribution in [0.2, 0.25) is 0 Å². The zero-order chi connectivity index (χ0) is 12.5. The van der Waals surface area contributed by atoms with E-state index in [1.54, 1.807) is 24.3 Å². The van der Waals surface area contributed by atoms with Gasteiger partial charge in [0.15, 0.2) is 0 Å². The average molecular weight is 236 g/mol. The lowest BCUT2D eigenvalue weighted by atomic mass is 10.2. The highest BCUT2D eigenvalue weighted by Crippen LogP contribution is 2.02. The molecule has 0 radical (unpaired) electrons. The van der Waals surface area contributed by atoms with Crippen LogP contribution in [0.1, 0.15) is 30.1 Å². The lowest BCUT2D eigenvalue weighted by Gasteiger charge is -2.04. The first-order chi connectivity index (χ1) is 8.20. The van der Waals surface area contributed by atoms with Gasteiger partial charge < -0.3 is 9.47 Å². The van der Waals surface area contributed by atoms with Crippen molar-refractivity contribution in [3.8, 4) is 0 Å². The summed E-state index contributed by atoms with van der Waals surface area (Å²) >= 11 is 0. The molecule has 4 heteroatoms. The van der Waals surface area contributed by atoms with Crippen LogP contribution < -0.4 is 0 Å². The van der Waals surface area contributed by atoms with E-state index in [1.165, 1.54) is 6.92 Å². The van der Waals surface area contributed by atoms with Crippen LogP contribution in [0.4, 0.5) is 0 Å². The van der Waals surface area contributed by atoms with Gasteiger partial charge in [0.05, 0.1) is 18.8 Å². The van der Waals surface area contributed by atoms with Crippen molar-refractivity contribution in [1.82, 2.24) is 0 Å². The van der Waals surface area contributed by atoms with Crippen LogP contribution in [-0.2, 0) is 14.3 Å². The Kier molecular flexibility index (Phi) is 5.79. The monoisotopic (exact) mass is 236 g/mol. The summed E-state index contributed by atoms with van der Waals surface area (Å²) in [7, 11) is 0. The number of hydrogen-bond acceptors (Lipinski definition) is 4. The summed E-state index contributed by atoms with van der Waals surface area (Å²) in [4.78, 5) is 21.9. The molecule has 0 amide bonds. The largest absolute Gasteiger partial charge is 0.466 e. The molecule has 0 heterocycles. The number of carbonyl (C=O) groups excluding carboxylic acids is 2. The quantitative estimate of drug-likeness (QED) is 0.561. The van der Waals surface area contributed by atoms with Crippen molar-refractivity contribution in [1.29, 1.82) is 0 Å². The van der Waals surface area contributed by atoms with Gasteiger partial charge in [0, 0.05) is 6.92 Å². The second-order valence-electron chi connectivity index (χ2n) is 3.55. The molecule has 1 aromatic carbocycles. The molecule has 17 heavy (non-hydrogen) atoms. The number of ether oxygens (including phenoxy) is 2. The van der Waals surface area contributed by atoms with E-state index in [0.29, 0.717) is 31.6 Å². The first-order valence-corrected chi connectivity index (χ1v) is 5.55. The number of esters is 2. The van der Waals surface area contributed by atoms with E-state index < -0.39 is 0 Å². The molecule has 0 unspecified atom stereocenters. The Hall–Kier alpha value is -1.84. The van der Waals surface area contributed by atoms with Crippen molar-refractivity contribution in [3.63, 3.8) is 0 Å². The van der Waals surface area contributed by atoms with Gasteiger partial charge >= 0.3 is 11.9 Å². The van der Waals surface area contributed by atoms with E-state index in [0.717, 1.165) is 0 Å². The molecule has 0 aliphatic rings. The van der Waals surface area contributed by atoms with Crippen molar-refractivity contribution >= 4 is 11.9 Å². The normalized spacial score (nSPS) is 9.71. The van der Waals surface area contributed by atoms with Crippen molar-refractivity contribution in [3.05, 3.63) is 35.9 Å². The molecular formula is C13H16O4. The average Bonchev–Trinajstić information content (AvgIpc) is 2.34. The van der Waals surface area contributed by atoms with E-state index in [9.17, 15) is 9.59 Å². The maximum atomic E-state index is 11.5. The molecule has 0 spiro atoms. The molecule has 1 rings (SSSR count). The third-order valence-corrected chi connectivity index (χ3v) is 2.09. The van der Waals surface area contributed by atoms with Gasteiger partial charge in [0.25, 0.3) is 0 Å². The van der Waals surface area contributed by atoms with Gasteiger partial charge in [-0.15, -0.1) is 0 Å². The fourth-order valence-electron chi connectivity index (χ4n) is 1.24. The third kappa shape index (κ3) is 5.70. The Morgan fingerprint density at radius 1 is 1.00 bits per heavy atom. The maximum absolute atomic E-state index is 11.5. The highest BCUT2D eigenvalue weighted by molar-refractivity contribution is 5.89. The summed E-state index contributed by atoms with van der Waals surface area (Å²) in [6, 6.07) is 8.84. The summed E-state index contributed by atoms with van der Waals surface area (Å²) in [5.41, 5.74) is 0.549. The number of hydrogen-bond donors (Lipinski definition) is 0. The van der Waals surface area contributed by atoms with Gasteiger partial charge in [-0.3, -0.25) is 4.79 Å². The van der Waals surface area contributed by atoms with Crippen molar-refractivity contribution in [2.24, 2.45) is 0 Å². The van der Waals surface area contributed by atoms with Crippen LogP contribution in [0.15, 0.2) is 30.3 Å². The molecular weight excluding hydrogens is 220 g/mol. The molecule has 0 saturated carbocycles. The van der Waals surface area contributed by atoms with Crippen molar-refractivity contribution in [2.45, 2.75) is 19.8 Å². The second-order valence-corrected chi connectivity index (χ2v) is 3.55. The number of rotatable bonds is 6. The zero-order valence-corrected chi connectivity index (χ0v) is 9.85. The van der Waals surface area contributed by atoms with E-state index >= 15 is 0 Å². The molecule has 0 aromatic heterocycles. The number of unbranched alkanes of at least 4 members (excludes halogenated alkanes) is 1. The predicted octanol–water partition coefficient (Wildman–Crippen LogP) is 2.19. The minimum atomic E-state index is -0.321. The molecule has 0 N–H and O–H groups in total. The van der Waals surface area contributed by atoms with E-state index in [1.807, 2.05) is 6.07 Å². The van der Waals surface area contributed by atoms with Gasteiger partial charge in [-0.25, -0.2) is 4.79 Å². The Bertz CT molecular complexity index is 359.